The van der Waals surface area contributed by atoms with Crippen LogP contribution in [0.1, 0.15) is 0 Å². The zero-order chi connectivity index (χ0) is 17.2. The molecule has 122 valence electrons. The van der Waals surface area contributed by atoms with E-state index in [2.05, 4.69) is 15.2 Å². The van der Waals surface area contributed by atoms with Gasteiger partial charge in [-0.15, -0.1) is 0 Å². The number of hydrogen-bond donors (Lipinski definition) is 0. The Bertz CT molecular complexity index is 1090. The summed E-state index contributed by atoms with van der Waals surface area (Å²) in [6.45, 7) is 0. The van der Waals surface area contributed by atoms with Crippen molar-refractivity contribution in [3.63, 3.8) is 0 Å². The van der Waals surface area contributed by atoms with Crippen molar-refractivity contribution in [2.75, 3.05) is 0 Å². The smallest absolute Gasteiger partial charge is 0.209 e. The number of pyridine rings is 1. The number of para-hydroxylation sites is 1. The molecule has 0 bridgehead atoms. The van der Waals surface area contributed by atoms with Crippen molar-refractivity contribution in [2.45, 2.75) is 0 Å². The summed E-state index contributed by atoms with van der Waals surface area (Å²) in [7, 11) is 0. The molecular formula is C18H12FN5O. The zero-order valence-electron chi connectivity index (χ0n) is 13.0. The Hall–Kier alpha value is -3.61. The van der Waals surface area contributed by atoms with Crippen molar-refractivity contribution in [3.8, 4) is 22.8 Å². The molecule has 0 aliphatic carbocycles. The van der Waals surface area contributed by atoms with Crippen molar-refractivity contribution >= 4 is 0 Å². The van der Waals surface area contributed by atoms with Gasteiger partial charge in [0.1, 0.15) is 11.5 Å². The van der Waals surface area contributed by atoms with E-state index in [1.807, 2.05) is 6.07 Å². The van der Waals surface area contributed by atoms with Gasteiger partial charge in [-0.1, -0.05) is 12.1 Å². The van der Waals surface area contributed by atoms with Crippen molar-refractivity contribution in [2.24, 2.45) is 0 Å². The van der Waals surface area contributed by atoms with Gasteiger partial charge in [-0.25, -0.2) is 13.8 Å². The summed E-state index contributed by atoms with van der Waals surface area (Å²) in [6, 6.07) is 12.9. The standard InChI is InChI=1S/C18H12FN5O/c19-14-5-1-2-6-15(14)24-16(7-10-21-24)18-17(25)8-11-23(22-18)13-4-3-9-20-12-13/h1-12H. The minimum Gasteiger partial charge on any atom is -0.287 e. The third-order valence-electron chi connectivity index (χ3n) is 3.68. The van der Waals surface area contributed by atoms with Gasteiger partial charge in [0.2, 0.25) is 5.43 Å². The lowest BCUT2D eigenvalue weighted by atomic mass is 10.2. The molecule has 4 aromatic rings. The van der Waals surface area contributed by atoms with E-state index >= 15 is 0 Å². The third kappa shape index (κ3) is 2.72. The first kappa shape index (κ1) is 14.9. The minimum atomic E-state index is -0.434. The van der Waals surface area contributed by atoms with Crippen LogP contribution in [0.2, 0.25) is 0 Å². The summed E-state index contributed by atoms with van der Waals surface area (Å²) in [5, 5.41) is 8.53. The maximum absolute atomic E-state index is 14.1. The summed E-state index contributed by atoms with van der Waals surface area (Å²) in [4.78, 5) is 16.4. The number of halogens is 1. The molecule has 0 saturated carbocycles. The maximum atomic E-state index is 14.1. The van der Waals surface area contributed by atoms with Crippen LogP contribution in [0.4, 0.5) is 4.39 Å². The predicted octanol–water partition coefficient (Wildman–Crippen LogP) is 2.62. The SMILES string of the molecule is O=c1ccn(-c2cccnc2)nc1-c1ccnn1-c1ccccc1F. The van der Waals surface area contributed by atoms with Gasteiger partial charge in [-0.05, 0) is 30.3 Å². The van der Waals surface area contributed by atoms with Gasteiger partial charge in [0.25, 0.3) is 0 Å². The van der Waals surface area contributed by atoms with Crippen LogP contribution in [-0.2, 0) is 0 Å². The first-order valence-corrected chi connectivity index (χ1v) is 7.54. The fourth-order valence-corrected chi connectivity index (χ4v) is 2.52. The van der Waals surface area contributed by atoms with E-state index < -0.39 is 5.82 Å². The Labute approximate surface area is 141 Å². The Morgan fingerprint density at radius 1 is 0.960 bits per heavy atom. The molecule has 0 atom stereocenters. The van der Waals surface area contributed by atoms with E-state index in [1.165, 1.54) is 23.0 Å². The summed E-state index contributed by atoms with van der Waals surface area (Å²) in [6.07, 6.45) is 6.35. The molecule has 0 unspecified atom stereocenters. The minimum absolute atomic E-state index is 0.173. The van der Waals surface area contributed by atoms with Crippen LogP contribution in [0.3, 0.4) is 0 Å². The lowest BCUT2D eigenvalue weighted by Gasteiger charge is -2.10. The van der Waals surface area contributed by atoms with Crippen molar-refractivity contribution in [3.05, 3.63) is 89.4 Å². The molecule has 0 fully saturated rings. The van der Waals surface area contributed by atoms with Gasteiger partial charge in [0, 0.05) is 18.5 Å². The monoisotopic (exact) mass is 333 g/mol. The molecular weight excluding hydrogens is 321 g/mol. The number of benzene rings is 1. The fraction of sp³-hybridized carbons (Fsp3) is 0. The highest BCUT2D eigenvalue weighted by molar-refractivity contribution is 5.57. The van der Waals surface area contributed by atoms with Gasteiger partial charge in [-0.2, -0.15) is 10.2 Å². The molecule has 0 N–H and O–H groups in total. The lowest BCUT2D eigenvalue weighted by Crippen LogP contribution is -2.15. The third-order valence-corrected chi connectivity index (χ3v) is 3.68. The van der Waals surface area contributed by atoms with Crippen molar-refractivity contribution in [1.82, 2.24) is 24.5 Å². The maximum Gasteiger partial charge on any atom is 0.209 e. The topological polar surface area (TPSA) is 65.6 Å². The van der Waals surface area contributed by atoms with Crippen LogP contribution in [0.15, 0.2) is 78.1 Å². The van der Waals surface area contributed by atoms with E-state index in [0.717, 1.165) is 0 Å². The molecule has 7 heteroatoms. The molecule has 25 heavy (non-hydrogen) atoms. The summed E-state index contributed by atoms with van der Waals surface area (Å²) in [5.74, 6) is -0.434. The number of rotatable bonds is 3. The van der Waals surface area contributed by atoms with Crippen LogP contribution < -0.4 is 5.43 Å². The second kappa shape index (κ2) is 6.12. The van der Waals surface area contributed by atoms with Crippen LogP contribution in [-0.4, -0.2) is 24.5 Å². The largest absolute Gasteiger partial charge is 0.287 e. The lowest BCUT2D eigenvalue weighted by molar-refractivity contribution is 0.611. The molecule has 6 nitrogen and oxygen atoms in total. The van der Waals surface area contributed by atoms with Crippen LogP contribution in [0.5, 0.6) is 0 Å². The number of nitrogens with zero attached hydrogens (tertiary/aromatic N) is 5. The first-order chi connectivity index (χ1) is 12.2. The van der Waals surface area contributed by atoms with Gasteiger partial charge >= 0.3 is 0 Å². The van der Waals surface area contributed by atoms with Gasteiger partial charge in [-0.3, -0.25) is 9.78 Å². The normalized spacial score (nSPS) is 10.8. The molecule has 0 amide bonds. The van der Waals surface area contributed by atoms with E-state index in [-0.39, 0.29) is 16.8 Å². The molecule has 0 aliphatic heterocycles. The van der Waals surface area contributed by atoms with Crippen LogP contribution in [0, 0.1) is 5.82 Å². The Morgan fingerprint density at radius 2 is 1.84 bits per heavy atom. The summed E-state index contributed by atoms with van der Waals surface area (Å²) < 4.78 is 17.0. The molecule has 0 radical (unpaired) electrons. The van der Waals surface area contributed by atoms with Crippen molar-refractivity contribution < 1.29 is 4.39 Å². The predicted molar refractivity (Wildman–Crippen MR) is 90.1 cm³/mol. The Morgan fingerprint density at radius 3 is 2.64 bits per heavy atom. The Kier molecular flexibility index (Phi) is 3.66. The van der Waals surface area contributed by atoms with E-state index in [0.29, 0.717) is 11.4 Å². The quantitative estimate of drug-likeness (QED) is 0.578. The van der Waals surface area contributed by atoms with E-state index in [1.54, 1.807) is 53.6 Å². The zero-order valence-corrected chi connectivity index (χ0v) is 13.0. The molecule has 0 saturated heterocycles. The molecule has 0 aliphatic rings. The first-order valence-electron chi connectivity index (χ1n) is 7.54. The average molecular weight is 333 g/mol. The van der Waals surface area contributed by atoms with Gasteiger partial charge < -0.3 is 0 Å². The van der Waals surface area contributed by atoms with Gasteiger partial charge in [0.15, 0.2) is 5.69 Å². The number of aromatic nitrogens is 5. The highest BCUT2D eigenvalue weighted by Gasteiger charge is 2.15. The Balaban J connectivity index is 1.89. The molecule has 4 rings (SSSR count). The second-order valence-corrected chi connectivity index (χ2v) is 5.26. The van der Waals surface area contributed by atoms with Crippen LogP contribution in [0.25, 0.3) is 22.8 Å². The summed E-state index contributed by atoms with van der Waals surface area (Å²) >= 11 is 0. The highest BCUT2D eigenvalue weighted by atomic mass is 19.1. The van der Waals surface area contributed by atoms with Crippen LogP contribution >= 0.6 is 0 Å². The van der Waals surface area contributed by atoms with Gasteiger partial charge in [0.05, 0.1) is 23.8 Å². The second-order valence-electron chi connectivity index (χ2n) is 5.26. The van der Waals surface area contributed by atoms with Crippen molar-refractivity contribution in [1.29, 1.82) is 0 Å². The highest BCUT2D eigenvalue weighted by Crippen LogP contribution is 2.20. The molecule has 3 aromatic heterocycles. The molecule has 1 aromatic carbocycles. The number of hydrogen-bond acceptors (Lipinski definition) is 4. The fourth-order valence-electron chi connectivity index (χ4n) is 2.52. The summed E-state index contributed by atoms with van der Waals surface area (Å²) in [5.41, 5.74) is 1.26. The van der Waals surface area contributed by atoms with E-state index in [9.17, 15) is 9.18 Å². The molecule has 0 spiro atoms. The average Bonchev–Trinajstić information content (AvgIpc) is 3.12. The van der Waals surface area contributed by atoms with E-state index in [4.69, 9.17) is 0 Å². The molecule has 3 heterocycles.